The first kappa shape index (κ1) is 11.7. The molecule has 0 aliphatic carbocycles. The Balaban J connectivity index is 2.02. The third kappa shape index (κ3) is 2.03. The van der Waals surface area contributed by atoms with Gasteiger partial charge in [-0.1, -0.05) is 11.6 Å². The summed E-state index contributed by atoms with van der Waals surface area (Å²) < 4.78 is 20.7. The predicted molar refractivity (Wildman–Crippen MR) is 70.5 cm³/mol. The van der Waals surface area contributed by atoms with Crippen LogP contribution in [0.3, 0.4) is 0 Å². The lowest BCUT2D eigenvalue weighted by Crippen LogP contribution is -2.21. The van der Waals surface area contributed by atoms with Gasteiger partial charge in [-0.2, -0.15) is 0 Å². The fourth-order valence-electron chi connectivity index (χ4n) is 2.66. The molecular weight excluding hydrogens is 229 g/mol. The monoisotopic (exact) mass is 247 g/mol. The van der Waals surface area contributed by atoms with E-state index in [1.165, 1.54) is 5.56 Å². The summed E-state index contributed by atoms with van der Waals surface area (Å²) in [7, 11) is 0. The van der Waals surface area contributed by atoms with E-state index in [1.807, 2.05) is 31.2 Å². The SMILES string of the molecule is Cc1ccc2oc(C3(F)CCCNCC3)cc2c1. The van der Waals surface area contributed by atoms with E-state index >= 15 is 0 Å². The molecule has 0 amide bonds. The summed E-state index contributed by atoms with van der Waals surface area (Å²) in [4.78, 5) is 0. The van der Waals surface area contributed by atoms with E-state index in [4.69, 9.17) is 4.42 Å². The van der Waals surface area contributed by atoms with Gasteiger partial charge in [-0.15, -0.1) is 0 Å². The number of furan rings is 1. The quantitative estimate of drug-likeness (QED) is 0.831. The Morgan fingerprint density at radius 3 is 3.00 bits per heavy atom. The molecule has 2 aromatic rings. The minimum atomic E-state index is -1.31. The van der Waals surface area contributed by atoms with E-state index in [9.17, 15) is 4.39 Å². The fraction of sp³-hybridized carbons (Fsp3) is 0.467. The van der Waals surface area contributed by atoms with Crippen LogP contribution in [0.2, 0.25) is 0 Å². The van der Waals surface area contributed by atoms with Crippen LogP contribution in [0.4, 0.5) is 4.39 Å². The number of halogens is 1. The molecule has 1 N–H and O–H groups in total. The molecule has 1 fully saturated rings. The average Bonchev–Trinajstić information content (AvgIpc) is 2.65. The number of fused-ring (bicyclic) bond motifs is 1. The molecule has 1 aromatic heterocycles. The summed E-state index contributed by atoms with van der Waals surface area (Å²) in [5.74, 6) is 0.492. The van der Waals surface area contributed by atoms with Crippen molar-refractivity contribution < 1.29 is 8.81 Å². The number of benzene rings is 1. The lowest BCUT2D eigenvalue weighted by atomic mass is 9.94. The highest BCUT2D eigenvalue weighted by atomic mass is 19.1. The predicted octanol–water partition coefficient (Wildman–Crippen LogP) is 3.68. The summed E-state index contributed by atoms with van der Waals surface area (Å²) in [5.41, 5.74) is 0.645. The number of hydrogen-bond donors (Lipinski definition) is 1. The molecule has 1 aliphatic rings. The molecular formula is C15H18FNO. The first-order valence-corrected chi connectivity index (χ1v) is 6.58. The number of nitrogens with one attached hydrogen (secondary N) is 1. The molecule has 2 nitrogen and oxygen atoms in total. The lowest BCUT2D eigenvalue weighted by Gasteiger charge is -2.20. The third-order valence-corrected chi connectivity index (χ3v) is 3.74. The van der Waals surface area contributed by atoms with E-state index in [0.29, 0.717) is 25.1 Å². The van der Waals surface area contributed by atoms with Crippen LogP contribution in [-0.4, -0.2) is 13.1 Å². The van der Waals surface area contributed by atoms with Crippen LogP contribution in [0.15, 0.2) is 28.7 Å². The molecule has 2 heterocycles. The van der Waals surface area contributed by atoms with Crippen molar-refractivity contribution in [1.82, 2.24) is 5.32 Å². The molecule has 18 heavy (non-hydrogen) atoms. The second-order valence-electron chi connectivity index (χ2n) is 5.22. The molecule has 0 spiro atoms. The zero-order chi connectivity index (χ0) is 12.6. The highest BCUT2D eigenvalue weighted by Gasteiger charge is 2.35. The molecule has 1 aromatic carbocycles. The van der Waals surface area contributed by atoms with Gasteiger partial charge in [0.05, 0.1) is 0 Å². The lowest BCUT2D eigenvalue weighted by molar-refractivity contribution is 0.115. The van der Waals surface area contributed by atoms with Crippen molar-refractivity contribution in [1.29, 1.82) is 0 Å². The van der Waals surface area contributed by atoms with Crippen LogP contribution in [0, 0.1) is 6.92 Å². The highest BCUT2D eigenvalue weighted by Crippen LogP contribution is 2.38. The van der Waals surface area contributed by atoms with Crippen LogP contribution < -0.4 is 5.32 Å². The van der Waals surface area contributed by atoms with Crippen LogP contribution in [-0.2, 0) is 5.67 Å². The van der Waals surface area contributed by atoms with Gasteiger partial charge in [-0.25, -0.2) is 4.39 Å². The second kappa shape index (κ2) is 4.39. The summed E-state index contributed by atoms with van der Waals surface area (Å²) in [6.45, 7) is 3.64. The maximum atomic E-state index is 15.0. The molecule has 3 heteroatoms. The van der Waals surface area contributed by atoms with Gasteiger partial charge in [0.1, 0.15) is 11.3 Å². The minimum absolute atomic E-state index is 0.492. The zero-order valence-electron chi connectivity index (χ0n) is 10.6. The maximum Gasteiger partial charge on any atom is 0.169 e. The molecule has 1 aliphatic heterocycles. The topological polar surface area (TPSA) is 25.2 Å². The fourth-order valence-corrected chi connectivity index (χ4v) is 2.66. The van der Waals surface area contributed by atoms with Gasteiger partial charge in [-0.05, 0) is 51.1 Å². The van der Waals surface area contributed by atoms with Gasteiger partial charge in [0.15, 0.2) is 5.67 Å². The Bertz CT molecular complexity index is 553. The van der Waals surface area contributed by atoms with Crippen LogP contribution in [0.1, 0.15) is 30.6 Å². The van der Waals surface area contributed by atoms with Crippen LogP contribution in [0.25, 0.3) is 11.0 Å². The van der Waals surface area contributed by atoms with Crippen molar-refractivity contribution in [3.63, 3.8) is 0 Å². The average molecular weight is 247 g/mol. The van der Waals surface area contributed by atoms with Crippen molar-refractivity contribution in [3.8, 4) is 0 Å². The normalized spacial score (nSPS) is 25.2. The van der Waals surface area contributed by atoms with Gasteiger partial charge in [0.2, 0.25) is 0 Å². The van der Waals surface area contributed by atoms with E-state index in [0.717, 1.165) is 23.9 Å². The number of rotatable bonds is 1. The molecule has 1 unspecified atom stereocenters. The van der Waals surface area contributed by atoms with Crippen molar-refractivity contribution in [2.75, 3.05) is 13.1 Å². The van der Waals surface area contributed by atoms with Gasteiger partial charge in [0.25, 0.3) is 0 Å². The first-order valence-electron chi connectivity index (χ1n) is 6.58. The molecule has 96 valence electrons. The molecule has 0 radical (unpaired) electrons. The Morgan fingerprint density at radius 1 is 1.22 bits per heavy atom. The van der Waals surface area contributed by atoms with Crippen molar-refractivity contribution >= 4 is 11.0 Å². The Morgan fingerprint density at radius 2 is 2.11 bits per heavy atom. The van der Waals surface area contributed by atoms with E-state index in [-0.39, 0.29) is 0 Å². The molecule has 1 saturated heterocycles. The van der Waals surface area contributed by atoms with E-state index < -0.39 is 5.67 Å². The smallest absolute Gasteiger partial charge is 0.169 e. The standard InChI is InChI=1S/C15H18FNO/c1-11-3-4-13-12(9-11)10-14(18-13)15(16)5-2-7-17-8-6-15/h3-4,9-10,17H,2,5-8H2,1H3. The van der Waals surface area contributed by atoms with Crippen LogP contribution >= 0.6 is 0 Å². The van der Waals surface area contributed by atoms with Crippen molar-refractivity contribution in [2.24, 2.45) is 0 Å². The van der Waals surface area contributed by atoms with Crippen molar-refractivity contribution in [3.05, 3.63) is 35.6 Å². The Kier molecular flexibility index (Phi) is 2.86. The van der Waals surface area contributed by atoms with E-state index in [1.54, 1.807) is 0 Å². The number of aryl methyl sites for hydroxylation is 1. The highest BCUT2D eigenvalue weighted by molar-refractivity contribution is 5.78. The zero-order valence-corrected chi connectivity index (χ0v) is 10.6. The Labute approximate surface area is 106 Å². The summed E-state index contributed by atoms with van der Waals surface area (Å²) >= 11 is 0. The molecule has 0 bridgehead atoms. The number of alkyl halides is 1. The third-order valence-electron chi connectivity index (χ3n) is 3.74. The largest absolute Gasteiger partial charge is 0.458 e. The summed E-state index contributed by atoms with van der Waals surface area (Å²) in [6, 6.07) is 7.83. The van der Waals surface area contributed by atoms with Gasteiger partial charge in [0, 0.05) is 11.8 Å². The summed E-state index contributed by atoms with van der Waals surface area (Å²) in [5, 5.41) is 4.23. The van der Waals surface area contributed by atoms with Crippen molar-refractivity contribution in [2.45, 2.75) is 31.9 Å². The molecule has 3 rings (SSSR count). The minimum Gasteiger partial charge on any atom is -0.458 e. The molecule has 0 saturated carbocycles. The van der Waals surface area contributed by atoms with E-state index in [2.05, 4.69) is 5.32 Å². The molecule has 1 atom stereocenters. The first-order chi connectivity index (χ1) is 8.67. The van der Waals surface area contributed by atoms with Crippen LogP contribution in [0.5, 0.6) is 0 Å². The second-order valence-corrected chi connectivity index (χ2v) is 5.22. The van der Waals surface area contributed by atoms with Gasteiger partial charge >= 0.3 is 0 Å². The van der Waals surface area contributed by atoms with Gasteiger partial charge < -0.3 is 9.73 Å². The maximum absolute atomic E-state index is 15.0. The van der Waals surface area contributed by atoms with Gasteiger partial charge in [-0.3, -0.25) is 0 Å². The number of hydrogen-bond acceptors (Lipinski definition) is 2. The summed E-state index contributed by atoms with van der Waals surface area (Å²) in [6.07, 6.45) is 1.89. The Hall–Kier alpha value is -1.35.